The lowest BCUT2D eigenvalue weighted by Gasteiger charge is -2.41. The third kappa shape index (κ3) is 2.30. The fraction of sp³-hybridized carbons (Fsp3) is 0.278. The topological polar surface area (TPSA) is 27.5 Å². The summed E-state index contributed by atoms with van der Waals surface area (Å²) in [6.07, 6.45) is 11.5. The van der Waals surface area contributed by atoms with Crippen LogP contribution in [0, 0.1) is 11.6 Å². The Morgan fingerprint density at radius 3 is 2.92 bits per heavy atom. The minimum Gasteiger partial charge on any atom is -0.336 e. The third-order valence-corrected chi connectivity index (χ3v) is 5.36. The molecule has 0 bridgehead atoms. The molecular formula is C18H16ClF2N5. The van der Waals surface area contributed by atoms with Crippen LogP contribution in [0.25, 0.3) is 6.08 Å². The van der Waals surface area contributed by atoms with Crippen LogP contribution in [-0.4, -0.2) is 32.2 Å². The van der Waals surface area contributed by atoms with Gasteiger partial charge in [-0.2, -0.15) is 0 Å². The van der Waals surface area contributed by atoms with E-state index in [1.165, 1.54) is 11.8 Å². The molecule has 0 spiro atoms. The van der Waals surface area contributed by atoms with Crippen molar-refractivity contribution in [2.75, 3.05) is 11.4 Å². The number of benzene rings is 1. The molecule has 5 nitrogen and oxygen atoms in total. The molecule has 1 aromatic carbocycles. The fourth-order valence-corrected chi connectivity index (χ4v) is 4.12. The van der Waals surface area contributed by atoms with E-state index in [9.17, 15) is 8.78 Å². The van der Waals surface area contributed by atoms with E-state index >= 15 is 0 Å². The molecule has 0 N–H and O–H groups in total. The van der Waals surface area contributed by atoms with Gasteiger partial charge in [-0.1, -0.05) is 11.6 Å². The van der Waals surface area contributed by atoms with Gasteiger partial charge in [-0.25, -0.2) is 13.8 Å². The van der Waals surface area contributed by atoms with E-state index < -0.39 is 11.6 Å². The molecule has 0 amide bonds. The number of imidazole rings is 1. The van der Waals surface area contributed by atoms with Crippen molar-refractivity contribution in [2.24, 2.45) is 0 Å². The monoisotopic (exact) mass is 375 g/mol. The summed E-state index contributed by atoms with van der Waals surface area (Å²) in [5.41, 5.74) is 1.64. The number of nitrogens with zero attached hydrogens (tertiary/aromatic N) is 5. The van der Waals surface area contributed by atoms with Gasteiger partial charge in [0.1, 0.15) is 5.82 Å². The van der Waals surface area contributed by atoms with Gasteiger partial charge >= 0.3 is 0 Å². The van der Waals surface area contributed by atoms with Crippen LogP contribution >= 0.6 is 11.6 Å². The maximum absolute atomic E-state index is 13.9. The van der Waals surface area contributed by atoms with Crippen molar-refractivity contribution in [2.45, 2.75) is 25.8 Å². The highest BCUT2D eigenvalue weighted by atomic mass is 35.5. The zero-order valence-corrected chi connectivity index (χ0v) is 14.6. The van der Waals surface area contributed by atoms with E-state index in [0.717, 1.165) is 31.3 Å². The summed E-state index contributed by atoms with van der Waals surface area (Å²) in [6.45, 7) is 1.53. The number of halogens is 3. The van der Waals surface area contributed by atoms with Crippen molar-refractivity contribution in [3.05, 3.63) is 65.1 Å². The summed E-state index contributed by atoms with van der Waals surface area (Å²) in [6, 6.07) is 2.20. The van der Waals surface area contributed by atoms with Crippen LogP contribution in [0.15, 0.2) is 42.6 Å². The highest BCUT2D eigenvalue weighted by molar-refractivity contribution is 6.33. The van der Waals surface area contributed by atoms with E-state index in [1.807, 2.05) is 34.1 Å². The Bertz CT molecular complexity index is 938. The SMILES string of the molecule is Fc1cc(Cl)c(N2C=C3CCCN3C2N2C=Cc3nccn3C2)cc1F. The lowest BCUT2D eigenvalue weighted by Crippen LogP contribution is -2.51. The molecule has 134 valence electrons. The van der Waals surface area contributed by atoms with Crippen LogP contribution in [0.2, 0.25) is 5.02 Å². The average Bonchev–Trinajstić information content (AvgIpc) is 3.32. The molecule has 2 aromatic rings. The number of fused-ring (bicyclic) bond motifs is 2. The molecule has 1 aromatic heterocycles. The van der Waals surface area contributed by atoms with E-state index in [0.29, 0.717) is 12.4 Å². The minimum absolute atomic E-state index is 0.179. The smallest absolute Gasteiger partial charge is 0.186 e. The molecule has 0 aliphatic carbocycles. The second kappa shape index (κ2) is 5.74. The van der Waals surface area contributed by atoms with Gasteiger partial charge in [0.15, 0.2) is 17.9 Å². The Balaban J connectivity index is 1.56. The first kappa shape index (κ1) is 15.7. The maximum atomic E-state index is 13.9. The summed E-state index contributed by atoms with van der Waals surface area (Å²) in [5, 5.41) is 0.191. The maximum Gasteiger partial charge on any atom is 0.186 e. The average molecular weight is 376 g/mol. The molecule has 3 aliphatic heterocycles. The first-order valence-electron chi connectivity index (χ1n) is 8.47. The molecule has 0 saturated carbocycles. The molecule has 8 heteroatoms. The van der Waals surface area contributed by atoms with Gasteiger partial charge < -0.3 is 19.3 Å². The standard InChI is InChI=1S/C18H16ClF2N5/c19-13-8-14(20)15(21)9-16(13)26-10-12-2-1-5-25(12)18(26)24-6-3-17-22-4-7-23(17)11-24/h3-4,6-10,18H,1-2,5,11H2. The van der Waals surface area contributed by atoms with Crippen LogP contribution in [0.5, 0.6) is 0 Å². The molecular weight excluding hydrogens is 360 g/mol. The number of allylic oxidation sites excluding steroid dienone is 1. The summed E-state index contributed by atoms with van der Waals surface area (Å²) in [7, 11) is 0. The Kier molecular flexibility index (Phi) is 3.46. The van der Waals surface area contributed by atoms with E-state index in [-0.39, 0.29) is 11.3 Å². The lowest BCUT2D eigenvalue weighted by molar-refractivity contribution is 0.110. The summed E-state index contributed by atoms with van der Waals surface area (Å²) < 4.78 is 29.5. The van der Waals surface area contributed by atoms with Gasteiger partial charge in [-0.05, 0) is 25.0 Å². The fourth-order valence-electron chi connectivity index (χ4n) is 3.87. The van der Waals surface area contributed by atoms with Gasteiger partial charge in [-0.3, -0.25) is 0 Å². The zero-order valence-electron chi connectivity index (χ0n) is 13.8. The number of rotatable bonds is 2. The summed E-state index contributed by atoms with van der Waals surface area (Å²) in [4.78, 5) is 10.6. The van der Waals surface area contributed by atoms with Gasteiger partial charge in [0, 0.05) is 43.1 Å². The second-order valence-electron chi connectivity index (χ2n) is 6.62. The predicted molar refractivity (Wildman–Crippen MR) is 94.8 cm³/mol. The Hall–Kier alpha value is -2.54. The van der Waals surface area contributed by atoms with Gasteiger partial charge in [0.2, 0.25) is 0 Å². The molecule has 1 saturated heterocycles. The molecule has 1 fully saturated rings. The van der Waals surface area contributed by atoms with Crippen molar-refractivity contribution < 1.29 is 8.78 Å². The molecule has 1 atom stereocenters. The van der Waals surface area contributed by atoms with Crippen molar-refractivity contribution in [3.63, 3.8) is 0 Å². The van der Waals surface area contributed by atoms with Crippen LogP contribution in [0.3, 0.4) is 0 Å². The summed E-state index contributed by atoms with van der Waals surface area (Å²) in [5.74, 6) is -0.950. The van der Waals surface area contributed by atoms with E-state index in [1.54, 1.807) is 6.20 Å². The molecule has 0 radical (unpaired) electrons. The summed E-state index contributed by atoms with van der Waals surface area (Å²) >= 11 is 6.26. The molecule has 1 unspecified atom stereocenters. The quantitative estimate of drug-likeness (QED) is 0.746. The highest BCUT2D eigenvalue weighted by Crippen LogP contribution is 2.40. The highest BCUT2D eigenvalue weighted by Gasteiger charge is 2.40. The number of aromatic nitrogens is 2. The van der Waals surface area contributed by atoms with E-state index in [2.05, 4.69) is 14.8 Å². The van der Waals surface area contributed by atoms with Crippen LogP contribution in [0.4, 0.5) is 14.5 Å². The van der Waals surface area contributed by atoms with Gasteiger partial charge in [-0.15, -0.1) is 0 Å². The van der Waals surface area contributed by atoms with Crippen molar-refractivity contribution in [3.8, 4) is 0 Å². The van der Waals surface area contributed by atoms with Crippen molar-refractivity contribution in [1.29, 1.82) is 0 Å². The van der Waals surface area contributed by atoms with Crippen molar-refractivity contribution >= 4 is 23.4 Å². The molecule has 4 heterocycles. The van der Waals surface area contributed by atoms with Gasteiger partial charge in [0.05, 0.1) is 17.4 Å². The number of hydrogen-bond acceptors (Lipinski definition) is 4. The number of anilines is 1. The van der Waals surface area contributed by atoms with Crippen molar-refractivity contribution in [1.82, 2.24) is 19.4 Å². The number of hydrogen-bond donors (Lipinski definition) is 0. The Labute approximate surface area is 154 Å². The van der Waals surface area contributed by atoms with Crippen LogP contribution in [0.1, 0.15) is 18.7 Å². The lowest BCUT2D eigenvalue weighted by atomic mass is 10.2. The van der Waals surface area contributed by atoms with Crippen LogP contribution in [-0.2, 0) is 6.67 Å². The second-order valence-corrected chi connectivity index (χ2v) is 7.02. The van der Waals surface area contributed by atoms with Crippen LogP contribution < -0.4 is 4.90 Å². The van der Waals surface area contributed by atoms with E-state index in [4.69, 9.17) is 11.6 Å². The first-order chi connectivity index (χ1) is 12.6. The third-order valence-electron chi connectivity index (χ3n) is 5.06. The Morgan fingerprint density at radius 1 is 1.19 bits per heavy atom. The molecule has 26 heavy (non-hydrogen) atoms. The predicted octanol–water partition coefficient (Wildman–Crippen LogP) is 3.80. The van der Waals surface area contributed by atoms with Gasteiger partial charge in [0.25, 0.3) is 0 Å². The Morgan fingerprint density at radius 2 is 2.04 bits per heavy atom. The minimum atomic E-state index is -0.941. The zero-order chi connectivity index (χ0) is 17.8. The largest absolute Gasteiger partial charge is 0.336 e. The molecule has 3 aliphatic rings. The normalized spacial score (nSPS) is 21.3. The molecule has 5 rings (SSSR count). The first-order valence-corrected chi connectivity index (χ1v) is 8.85.